The van der Waals surface area contributed by atoms with E-state index in [-0.39, 0.29) is 6.54 Å². The molecular formula is C9H9ClN2O. The van der Waals surface area contributed by atoms with Gasteiger partial charge in [-0.3, -0.25) is 0 Å². The second kappa shape index (κ2) is 4.13. The number of benzene rings is 1. The Kier molecular flexibility index (Phi) is 3.13. The van der Waals surface area contributed by atoms with Gasteiger partial charge in [-0.25, -0.2) is 0 Å². The molecule has 68 valence electrons. The highest BCUT2D eigenvalue weighted by Gasteiger charge is 2.07. The third-order valence-electron chi connectivity index (χ3n) is 1.73. The number of rotatable bonds is 2. The monoisotopic (exact) mass is 196 g/mol. The predicted octanol–water partition coefficient (Wildman–Crippen LogP) is 1.68. The summed E-state index contributed by atoms with van der Waals surface area (Å²) in [4.78, 5) is 0. The second-order valence-electron chi connectivity index (χ2n) is 2.45. The van der Waals surface area contributed by atoms with Crippen LogP contribution in [0.5, 0.6) is 5.75 Å². The summed E-state index contributed by atoms with van der Waals surface area (Å²) in [6.07, 6.45) is 0. The third kappa shape index (κ3) is 1.92. The van der Waals surface area contributed by atoms with E-state index in [9.17, 15) is 0 Å². The summed E-state index contributed by atoms with van der Waals surface area (Å²) in [7, 11) is 1.52. The molecule has 0 spiro atoms. The Balaban J connectivity index is 3.31. The minimum atomic E-state index is 0.256. The number of nitrogens with two attached hydrogens (primary N) is 1. The van der Waals surface area contributed by atoms with Crippen LogP contribution in [0, 0.1) is 11.3 Å². The average molecular weight is 197 g/mol. The predicted molar refractivity (Wildman–Crippen MR) is 50.6 cm³/mol. The van der Waals surface area contributed by atoms with Crippen molar-refractivity contribution in [2.24, 2.45) is 5.73 Å². The molecule has 0 fully saturated rings. The van der Waals surface area contributed by atoms with Gasteiger partial charge in [0.2, 0.25) is 0 Å². The molecule has 1 aromatic rings. The average Bonchev–Trinajstić information content (AvgIpc) is 2.16. The largest absolute Gasteiger partial charge is 0.497 e. The normalized spacial score (nSPS) is 9.38. The quantitative estimate of drug-likeness (QED) is 0.783. The van der Waals surface area contributed by atoms with Crippen LogP contribution in [0.4, 0.5) is 0 Å². The molecule has 0 bridgehead atoms. The molecule has 13 heavy (non-hydrogen) atoms. The zero-order valence-corrected chi connectivity index (χ0v) is 7.93. The molecule has 0 saturated heterocycles. The molecule has 0 unspecified atom stereocenters. The maximum atomic E-state index is 8.77. The van der Waals surface area contributed by atoms with Crippen molar-refractivity contribution >= 4 is 11.6 Å². The van der Waals surface area contributed by atoms with Crippen LogP contribution in [-0.2, 0) is 6.54 Å². The molecule has 0 atom stereocenters. The molecule has 0 aliphatic heterocycles. The molecule has 0 heterocycles. The van der Waals surface area contributed by atoms with E-state index in [1.807, 2.05) is 6.07 Å². The van der Waals surface area contributed by atoms with Crippen molar-refractivity contribution in [1.82, 2.24) is 0 Å². The first-order chi connectivity index (χ1) is 6.22. The third-order valence-corrected chi connectivity index (χ3v) is 2.07. The Morgan fingerprint density at radius 3 is 2.77 bits per heavy atom. The Morgan fingerprint density at radius 2 is 2.31 bits per heavy atom. The lowest BCUT2D eigenvalue weighted by molar-refractivity contribution is 0.414. The molecule has 0 amide bonds. The summed E-state index contributed by atoms with van der Waals surface area (Å²) in [5, 5.41) is 9.24. The van der Waals surface area contributed by atoms with Crippen LogP contribution in [0.3, 0.4) is 0 Å². The molecule has 0 aliphatic rings. The standard InChI is InChI=1S/C9H9ClN2O/c1-13-7-2-6(4-11)8(5-12)9(10)3-7/h2-3H,5,12H2,1H3. The summed E-state index contributed by atoms with van der Waals surface area (Å²) in [6, 6.07) is 5.28. The maximum absolute atomic E-state index is 8.77. The van der Waals surface area contributed by atoms with Gasteiger partial charge in [0.1, 0.15) is 5.75 Å². The van der Waals surface area contributed by atoms with Gasteiger partial charge in [0.15, 0.2) is 0 Å². The fourth-order valence-corrected chi connectivity index (χ4v) is 1.32. The molecule has 1 rings (SSSR count). The lowest BCUT2D eigenvalue weighted by Gasteiger charge is -2.06. The van der Waals surface area contributed by atoms with Gasteiger partial charge in [-0.05, 0) is 12.1 Å². The number of hydrogen-bond acceptors (Lipinski definition) is 3. The number of hydrogen-bond donors (Lipinski definition) is 1. The number of ether oxygens (including phenoxy) is 1. The summed E-state index contributed by atoms with van der Waals surface area (Å²) in [5.41, 5.74) is 6.56. The van der Waals surface area contributed by atoms with Crippen LogP contribution in [0.15, 0.2) is 12.1 Å². The van der Waals surface area contributed by atoms with Crippen molar-refractivity contribution in [3.63, 3.8) is 0 Å². The topological polar surface area (TPSA) is 59.0 Å². The Bertz CT molecular complexity index is 357. The van der Waals surface area contributed by atoms with E-state index in [4.69, 9.17) is 27.3 Å². The van der Waals surface area contributed by atoms with E-state index in [1.54, 1.807) is 12.1 Å². The highest BCUT2D eigenvalue weighted by atomic mass is 35.5. The Hall–Kier alpha value is -1.24. The number of methoxy groups -OCH3 is 1. The minimum Gasteiger partial charge on any atom is -0.497 e. The minimum absolute atomic E-state index is 0.256. The van der Waals surface area contributed by atoms with Gasteiger partial charge in [-0.2, -0.15) is 5.26 Å². The van der Waals surface area contributed by atoms with Crippen LogP contribution in [0.2, 0.25) is 5.02 Å². The van der Waals surface area contributed by atoms with Crippen LogP contribution >= 0.6 is 11.6 Å². The van der Waals surface area contributed by atoms with Gasteiger partial charge in [0, 0.05) is 12.1 Å². The van der Waals surface area contributed by atoms with E-state index < -0.39 is 0 Å². The fourth-order valence-electron chi connectivity index (χ4n) is 1.04. The molecule has 2 N–H and O–H groups in total. The lowest BCUT2D eigenvalue weighted by Crippen LogP contribution is -2.01. The van der Waals surface area contributed by atoms with Crippen molar-refractivity contribution in [3.8, 4) is 11.8 Å². The van der Waals surface area contributed by atoms with Gasteiger partial charge in [0.25, 0.3) is 0 Å². The van der Waals surface area contributed by atoms with Crippen molar-refractivity contribution < 1.29 is 4.74 Å². The molecule has 3 nitrogen and oxygen atoms in total. The molecule has 1 aromatic carbocycles. The van der Waals surface area contributed by atoms with E-state index in [1.165, 1.54) is 7.11 Å². The van der Waals surface area contributed by atoms with Crippen LogP contribution in [0.25, 0.3) is 0 Å². The first-order valence-electron chi connectivity index (χ1n) is 3.69. The van der Waals surface area contributed by atoms with Crippen LogP contribution in [-0.4, -0.2) is 7.11 Å². The number of halogens is 1. The summed E-state index contributed by atoms with van der Waals surface area (Å²) < 4.78 is 4.96. The van der Waals surface area contributed by atoms with Crippen LogP contribution in [0.1, 0.15) is 11.1 Å². The second-order valence-corrected chi connectivity index (χ2v) is 2.86. The zero-order chi connectivity index (χ0) is 9.84. The maximum Gasteiger partial charge on any atom is 0.121 e. The SMILES string of the molecule is COc1cc(Cl)c(CN)c(C#N)c1. The van der Waals surface area contributed by atoms with Gasteiger partial charge >= 0.3 is 0 Å². The zero-order valence-electron chi connectivity index (χ0n) is 7.17. The van der Waals surface area contributed by atoms with Crippen molar-refractivity contribution in [2.75, 3.05) is 7.11 Å². The summed E-state index contributed by atoms with van der Waals surface area (Å²) >= 11 is 5.88. The summed E-state index contributed by atoms with van der Waals surface area (Å²) in [5.74, 6) is 0.568. The molecular weight excluding hydrogens is 188 g/mol. The molecule has 0 aliphatic carbocycles. The Labute approximate surface area is 81.7 Å². The summed E-state index contributed by atoms with van der Waals surface area (Å²) in [6.45, 7) is 0.256. The first kappa shape index (κ1) is 9.85. The van der Waals surface area contributed by atoms with E-state index in [0.717, 1.165) is 0 Å². The van der Waals surface area contributed by atoms with Crippen molar-refractivity contribution in [2.45, 2.75) is 6.54 Å². The number of nitrogens with zero attached hydrogens (tertiary/aromatic N) is 1. The van der Waals surface area contributed by atoms with E-state index in [2.05, 4.69) is 0 Å². The molecule has 4 heteroatoms. The van der Waals surface area contributed by atoms with Crippen molar-refractivity contribution in [3.05, 3.63) is 28.3 Å². The number of nitriles is 1. The highest BCUT2D eigenvalue weighted by Crippen LogP contribution is 2.25. The van der Waals surface area contributed by atoms with Gasteiger partial charge < -0.3 is 10.5 Å². The van der Waals surface area contributed by atoms with E-state index in [0.29, 0.717) is 21.9 Å². The molecule has 0 aromatic heterocycles. The first-order valence-corrected chi connectivity index (χ1v) is 4.07. The van der Waals surface area contributed by atoms with Gasteiger partial charge in [-0.1, -0.05) is 11.6 Å². The van der Waals surface area contributed by atoms with Crippen molar-refractivity contribution in [1.29, 1.82) is 5.26 Å². The Morgan fingerprint density at radius 1 is 1.62 bits per heavy atom. The van der Waals surface area contributed by atoms with E-state index >= 15 is 0 Å². The van der Waals surface area contributed by atoms with Gasteiger partial charge in [0.05, 0.1) is 23.8 Å². The smallest absolute Gasteiger partial charge is 0.121 e. The lowest BCUT2D eigenvalue weighted by atomic mass is 10.1. The highest BCUT2D eigenvalue weighted by molar-refractivity contribution is 6.31. The van der Waals surface area contributed by atoms with Gasteiger partial charge in [-0.15, -0.1) is 0 Å². The molecule has 0 saturated carbocycles. The fraction of sp³-hybridized carbons (Fsp3) is 0.222. The van der Waals surface area contributed by atoms with Crippen LogP contribution < -0.4 is 10.5 Å². The molecule has 0 radical (unpaired) electrons.